The molecular formula is C18H14N2O. The molecule has 0 saturated carbocycles. The molecule has 3 rings (SSSR count). The number of carbonyl (C=O) groups excluding carboxylic acids is 1. The standard InChI is InChI=1S/C18H14N2O/c1-13(21)16(18-8-4-5-10-19-18)12-14-9-11-20-17-7-3-2-6-15(14)17/h2-12H,1H3/b16-12+. The molecule has 3 aromatic rings. The molecule has 2 aromatic heterocycles. The van der Waals surface area contributed by atoms with Gasteiger partial charge in [-0.2, -0.15) is 0 Å². The van der Waals surface area contributed by atoms with Gasteiger partial charge in [0.1, 0.15) is 0 Å². The number of pyridine rings is 2. The van der Waals surface area contributed by atoms with Crippen molar-refractivity contribution in [1.82, 2.24) is 9.97 Å². The Morgan fingerprint density at radius 1 is 0.952 bits per heavy atom. The second-order valence-electron chi connectivity index (χ2n) is 4.75. The molecule has 3 heteroatoms. The maximum atomic E-state index is 12.0. The molecule has 0 aliphatic carbocycles. The number of benzene rings is 1. The lowest BCUT2D eigenvalue weighted by Crippen LogP contribution is -1.98. The van der Waals surface area contributed by atoms with Crippen LogP contribution >= 0.6 is 0 Å². The molecule has 0 fully saturated rings. The van der Waals surface area contributed by atoms with Gasteiger partial charge in [0.25, 0.3) is 0 Å². The van der Waals surface area contributed by atoms with E-state index in [0.717, 1.165) is 16.5 Å². The van der Waals surface area contributed by atoms with Crippen LogP contribution in [-0.4, -0.2) is 15.8 Å². The molecule has 0 aliphatic heterocycles. The Hall–Kier alpha value is -2.81. The van der Waals surface area contributed by atoms with E-state index in [-0.39, 0.29) is 5.78 Å². The summed E-state index contributed by atoms with van der Waals surface area (Å²) in [6, 6.07) is 15.4. The number of hydrogen-bond acceptors (Lipinski definition) is 3. The summed E-state index contributed by atoms with van der Waals surface area (Å²) in [5.74, 6) is -0.00501. The molecule has 0 aliphatic rings. The fourth-order valence-electron chi connectivity index (χ4n) is 2.28. The van der Waals surface area contributed by atoms with Crippen LogP contribution in [0.4, 0.5) is 0 Å². The number of aromatic nitrogens is 2. The van der Waals surface area contributed by atoms with Crippen LogP contribution in [0.25, 0.3) is 22.6 Å². The Bertz CT molecular complexity index is 818. The zero-order chi connectivity index (χ0) is 14.7. The Kier molecular flexibility index (Phi) is 3.56. The highest BCUT2D eigenvalue weighted by Crippen LogP contribution is 2.22. The SMILES string of the molecule is CC(=O)/C(=C\c1ccnc2ccccc12)c1ccccn1. The van der Waals surface area contributed by atoms with Gasteiger partial charge in [-0.15, -0.1) is 0 Å². The number of allylic oxidation sites excluding steroid dienone is 1. The van der Waals surface area contributed by atoms with E-state index in [0.29, 0.717) is 11.3 Å². The fraction of sp³-hybridized carbons (Fsp3) is 0.0556. The summed E-state index contributed by atoms with van der Waals surface area (Å²) in [6.07, 6.45) is 5.33. The minimum Gasteiger partial charge on any atom is -0.294 e. The molecule has 0 saturated heterocycles. The van der Waals surface area contributed by atoms with Gasteiger partial charge in [-0.25, -0.2) is 0 Å². The summed E-state index contributed by atoms with van der Waals surface area (Å²) in [5, 5.41) is 1.02. The second-order valence-corrected chi connectivity index (χ2v) is 4.75. The van der Waals surface area contributed by atoms with Gasteiger partial charge in [-0.1, -0.05) is 24.3 Å². The molecule has 0 radical (unpaired) electrons. The van der Waals surface area contributed by atoms with Crippen LogP contribution < -0.4 is 0 Å². The molecule has 102 valence electrons. The van der Waals surface area contributed by atoms with Crippen LogP contribution in [0.15, 0.2) is 60.9 Å². The van der Waals surface area contributed by atoms with E-state index in [1.165, 1.54) is 0 Å². The summed E-state index contributed by atoms with van der Waals surface area (Å²) >= 11 is 0. The summed E-state index contributed by atoms with van der Waals surface area (Å²) in [5.41, 5.74) is 3.17. The van der Waals surface area contributed by atoms with Crippen molar-refractivity contribution in [3.05, 3.63) is 72.2 Å². The van der Waals surface area contributed by atoms with Crippen molar-refractivity contribution in [2.75, 3.05) is 0 Å². The number of Topliss-reactive ketones (excluding diaryl/α,β-unsaturated/α-hetero) is 1. The molecule has 0 spiro atoms. The van der Waals surface area contributed by atoms with Crippen LogP contribution in [0.2, 0.25) is 0 Å². The van der Waals surface area contributed by atoms with E-state index in [1.807, 2.05) is 54.6 Å². The number of ketones is 1. The molecule has 0 N–H and O–H groups in total. The predicted octanol–water partition coefficient (Wildman–Crippen LogP) is 3.76. The molecule has 2 heterocycles. The van der Waals surface area contributed by atoms with Gasteiger partial charge >= 0.3 is 0 Å². The normalized spacial score (nSPS) is 11.6. The van der Waals surface area contributed by atoms with Crippen LogP contribution in [0.3, 0.4) is 0 Å². The molecular weight excluding hydrogens is 260 g/mol. The van der Waals surface area contributed by atoms with E-state index in [9.17, 15) is 4.79 Å². The van der Waals surface area contributed by atoms with Gasteiger partial charge in [0.15, 0.2) is 5.78 Å². The first kappa shape index (κ1) is 13.2. The lowest BCUT2D eigenvalue weighted by atomic mass is 10.0. The summed E-state index contributed by atoms with van der Waals surface area (Å²) < 4.78 is 0. The maximum Gasteiger partial charge on any atom is 0.161 e. The summed E-state index contributed by atoms with van der Waals surface area (Å²) in [4.78, 5) is 20.6. The van der Waals surface area contributed by atoms with Crippen molar-refractivity contribution in [2.45, 2.75) is 6.92 Å². The molecule has 1 aromatic carbocycles. The van der Waals surface area contributed by atoms with Gasteiger partial charge in [0.2, 0.25) is 0 Å². The highest BCUT2D eigenvalue weighted by Gasteiger charge is 2.09. The number of nitrogens with zero attached hydrogens (tertiary/aromatic N) is 2. The monoisotopic (exact) mass is 274 g/mol. The first-order valence-corrected chi connectivity index (χ1v) is 6.73. The van der Waals surface area contributed by atoms with Crippen LogP contribution in [-0.2, 0) is 4.79 Å². The van der Waals surface area contributed by atoms with Crippen molar-refractivity contribution >= 4 is 28.3 Å². The largest absolute Gasteiger partial charge is 0.294 e. The van der Waals surface area contributed by atoms with Crippen molar-refractivity contribution in [2.24, 2.45) is 0 Å². The average Bonchev–Trinajstić information content (AvgIpc) is 2.53. The van der Waals surface area contributed by atoms with E-state index in [1.54, 1.807) is 19.3 Å². The summed E-state index contributed by atoms with van der Waals surface area (Å²) in [7, 11) is 0. The molecule has 21 heavy (non-hydrogen) atoms. The van der Waals surface area contributed by atoms with Crippen molar-refractivity contribution in [3.8, 4) is 0 Å². The topological polar surface area (TPSA) is 42.9 Å². The van der Waals surface area contributed by atoms with E-state index in [2.05, 4.69) is 9.97 Å². The first-order chi connectivity index (χ1) is 10.3. The number of para-hydroxylation sites is 1. The molecule has 0 amide bonds. The molecule has 3 nitrogen and oxygen atoms in total. The van der Waals surface area contributed by atoms with Crippen molar-refractivity contribution < 1.29 is 4.79 Å². The molecule has 0 atom stereocenters. The van der Waals surface area contributed by atoms with E-state index in [4.69, 9.17) is 0 Å². The number of carbonyl (C=O) groups is 1. The highest BCUT2D eigenvalue weighted by atomic mass is 16.1. The number of hydrogen-bond donors (Lipinski definition) is 0. The van der Waals surface area contributed by atoms with Crippen molar-refractivity contribution in [1.29, 1.82) is 0 Å². The third-order valence-electron chi connectivity index (χ3n) is 3.30. The highest BCUT2D eigenvalue weighted by molar-refractivity contribution is 6.24. The van der Waals surface area contributed by atoms with E-state index >= 15 is 0 Å². The van der Waals surface area contributed by atoms with Gasteiger partial charge in [-0.3, -0.25) is 14.8 Å². The zero-order valence-electron chi connectivity index (χ0n) is 11.7. The second kappa shape index (κ2) is 5.67. The predicted molar refractivity (Wildman–Crippen MR) is 84.5 cm³/mol. The Morgan fingerprint density at radius 2 is 1.76 bits per heavy atom. The van der Waals surface area contributed by atoms with Gasteiger partial charge in [-0.05, 0) is 42.8 Å². The van der Waals surface area contributed by atoms with Gasteiger partial charge in [0.05, 0.1) is 11.2 Å². The minimum absolute atomic E-state index is 0.00501. The van der Waals surface area contributed by atoms with Gasteiger partial charge in [0, 0.05) is 23.4 Å². The number of rotatable bonds is 3. The smallest absolute Gasteiger partial charge is 0.161 e. The van der Waals surface area contributed by atoms with Crippen LogP contribution in [0.1, 0.15) is 18.2 Å². The third kappa shape index (κ3) is 2.72. The Balaban J connectivity index is 2.19. The minimum atomic E-state index is -0.00501. The Morgan fingerprint density at radius 3 is 2.52 bits per heavy atom. The lowest BCUT2D eigenvalue weighted by Gasteiger charge is -2.05. The van der Waals surface area contributed by atoms with Gasteiger partial charge < -0.3 is 0 Å². The molecule has 0 unspecified atom stereocenters. The summed E-state index contributed by atoms with van der Waals surface area (Å²) in [6.45, 7) is 1.56. The lowest BCUT2D eigenvalue weighted by molar-refractivity contribution is -0.111. The molecule has 0 bridgehead atoms. The number of fused-ring (bicyclic) bond motifs is 1. The zero-order valence-corrected chi connectivity index (χ0v) is 11.7. The van der Waals surface area contributed by atoms with Crippen LogP contribution in [0, 0.1) is 0 Å². The third-order valence-corrected chi connectivity index (χ3v) is 3.30. The van der Waals surface area contributed by atoms with Crippen LogP contribution in [0.5, 0.6) is 0 Å². The average molecular weight is 274 g/mol. The van der Waals surface area contributed by atoms with Crippen molar-refractivity contribution in [3.63, 3.8) is 0 Å². The maximum absolute atomic E-state index is 12.0. The Labute approximate surface area is 123 Å². The fourth-order valence-corrected chi connectivity index (χ4v) is 2.28. The van der Waals surface area contributed by atoms with E-state index < -0.39 is 0 Å². The first-order valence-electron chi connectivity index (χ1n) is 6.73. The quantitative estimate of drug-likeness (QED) is 0.683.